The maximum absolute atomic E-state index is 5.81. The fraction of sp³-hybridized carbons (Fsp3) is 0.375. The van der Waals surface area contributed by atoms with Crippen molar-refractivity contribution in [2.24, 2.45) is 0 Å². The summed E-state index contributed by atoms with van der Waals surface area (Å²) in [5.41, 5.74) is 3.19. The van der Waals surface area contributed by atoms with Gasteiger partial charge in [-0.15, -0.1) is 0 Å². The van der Waals surface area contributed by atoms with E-state index in [0.29, 0.717) is 18.5 Å². The number of nitrogens with zero attached hydrogens (tertiary/aromatic N) is 2. The fourth-order valence-corrected chi connectivity index (χ4v) is 1.86. The summed E-state index contributed by atoms with van der Waals surface area (Å²) < 4.78 is 5.81. The van der Waals surface area contributed by atoms with Crippen molar-refractivity contribution in [1.82, 2.24) is 15.3 Å². The molecule has 0 radical (unpaired) electrons. The molecule has 0 aliphatic heterocycles. The van der Waals surface area contributed by atoms with Crippen molar-refractivity contribution in [3.8, 4) is 11.6 Å². The van der Waals surface area contributed by atoms with Crippen LogP contribution in [0.1, 0.15) is 30.7 Å². The monoisotopic (exact) mass is 271 g/mol. The molecule has 1 heterocycles. The van der Waals surface area contributed by atoms with E-state index in [1.807, 2.05) is 19.1 Å². The van der Waals surface area contributed by atoms with E-state index in [1.54, 1.807) is 12.4 Å². The third kappa shape index (κ3) is 4.03. The first kappa shape index (κ1) is 14.5. The standard InChI is InChI=1S/C16H21N3O/c1-11(2)18-9-14-8-17-10-16(19-14)20-15-6-5-12(3)7-13(15)4/h5-8,10-11,18H,9H2,1-4H3. The average molecular weight is 271 g/mol. The van der Waals surface area contributed by atoms with E-state index in [0.717, 1.165) is 17.0 Å². The first-order valence-electron chi connectivity index (χ1n) is 6.84. The third-order valence-electron chi connectivity index (χ3n) is 2.90. The Hall–Kier alpha value is -1.94. The molecular weight excluding hydrogens is 250 g/mol. The number of ether oxygens (including phenoxy) is 1. The summed E-state index contributed by atoms with van der Waals surface area (Å²) in [6.07, 6.45) is 3.39. The number of benzene rings is 1. The van der Waals surface area contributed by atoms with E-state index >= 15 is 0 Å². The maximum atomic E-state index is 5.81. The largest absolute Gasteiger partial charge is 0.437 e. The van der Waals surface area contributed by atoms with Crippen molar-refractivity contribution in [1.29, 1.82) is 0 Å². The number of nitrogens with one attached hydrogen (secondary N) is 1. The number of aryl methyl sites for hydroxylation is 2. The molecule has 0 aliphatic carbocycles. The first-order chi connectivity index (χ1) is 9.54. The van der Waals surface area contributed by atoms with E-state index in [2.05, 4.69) is 42.1 Å². The van der Waals surface area contributed by atoms with Crippen LogP contribution in [-0.2, 0) is 6.54 Å². The molecule has 0 fully saturated rings. The van der Waals surface area contributed by atoms with Crippen LogP contribution in [0.15, 0.2) is 30.6 Å². The van der Waals surface area contributed by atoms with E-state index in [4.69, 9.17) is 4.74 Å². The molecule has 0 bridgehead atoms. The molecule has 0 saturated carbocycles. The normalized spacial score (nSPS) is 10.8. The van der Waals surface area contributed by atoms with Crippen molar-refractivity contribution in [3.63, 3.8) is 0 Å². The van der Waals surface area contributed by atoms with Gasteiger partial charge >= 0.3 is 0 Å². The van der Waals surface area contributed by atoms with E-state index in [-0.39, 0.29) is 0 Å². The van der Waals surface area contributed by atoms with Gasteiger partial charge in [0.15, 0.2) is 0 Å². The molecule has 0 amide bonds. The molecule has 1 N–H and O–H groups in total. The summed E-state index contributed by atoms with van der Waals surface area (Å²) in [7, 11) is 0. The molecule has 20 heavy (non-hydrogen) atoms. The predicted molar refractivity (Wildman–Crippen MR) is 80.0 cm³/mol. The topological polar surface area (TPSA) is 47.0 Å². The summed E-state index contributed by atoms with van der Waals surface area (Å²) in [6.45, 7) is 8.98. The highest BCUT2D eigenvalue weighted by molar-refractivity contribution is 5.37. The molecule has 0 saturated heterocycles. The van der Waals surface area contributed by atoms with Crippen molar-refractivity contribution < 1.29 is 4.74 Å². The summed E-state index contributed by atoms with van der Waals surface area (Å²) in [5.74, 6) is 1.35. The van der Waals surface area contributed by atoms with Crippen LogP contribution in [0.2, 0.25) is 0 Å². The highest BCUT2D eigenvalue weighted by atomic mass is 16.5. The Morgan fingerprint density at radius 3 is 2.70 bits per heavy atom. The van der Waals surface area contributed by atoms with Crippen LogP contribution in [0.5, 0.6) is 11.6 Å². The Balaban J connectivity index is 2.11. The smallest absolute Gasteiger partial charge is 0.238 e. The van der Waals surface area contributed by atoms with Gasteiger partial charge in [0.25, 0.3) is 0 Å². The highest BCUT2D eigenvalue weighted by Crippen LogP contribution is 2.23. The van der Waals surface area contributed by atoms with Crippen LogP contribution in [0.4, 0.5) is 0 Å². The average Bonchev–Trinajstić information content (AvgIpc) is 2.40. The SMILES string of the molecule is Cc1ccc(Oc2cncc(CNC(C)C)n2)c(C)c1. The highest BCUT2D eigenvalue weighted by Gasteiger charge is 2.05. The predicted octanol–water partition coefficient (Wildman–Crippen LogP) is 3.38. The molecule has 0 aliphatic rings. The lowest BCUT2D eigenvalue weighted by atomic mass is 10.1. The van der Waals surface area contributed by atoms with Crippen LogP contribution >= 0.6 is 0 Å². The van der Waals surface area contributed by atoms with Crippen molar-refractivity contribution in [3.05, 3.63) is 47.4 Å². The zero-order valence-corrected chi connectivity index (χ0v) is 12.5. The van der Waals surface area contributed by atoms with Gasteiger partial charge in [0.1, 0.15) is 5.75 Å². The summed E-state index contributed by atoms with van der Waals surface area (Å²) >= 11 is 0. The summed E-state index contributed by atoms with van der Waals surface area (Å²) in [4.78, 5) is 8.63. The first-order valence-corrected chi connectivity index (χ1v) is 6.84. The van der Waals surface area contributed by atoms with Gasteiger partial charge in [0, 0.05) is 18.8 Å². The van der Waals surface area contributed by atoms with Crippen LogP contribution in [0, 0.1) is 13.8 Å². The summed E-state index contributed by atoms with van der Waals surface area (Å²) in [6, 6.07) is 6.50. The van der Waals surface area contributed by atoms with Crippen molar-refractivity contribution in [2.75, 3.05) is 0 Å². The summed E-state index contributed by atoms with van der Waals surface area (Å²) in [5, 5.41) is 3.31. The molecule has 2 rings (SSSR count). The van der Waals surface area contributed by atoms with Crippen LogP contribution in [-0.4, -0.2) is 16.0 Å². The second-order valence-electron chi connectivity index (χ2n) is 5.26. The number of hydrogen-bond acceptors (Lipinski definition) is 4. The zero-order chi connectivity index (χ0) is 14.5. The molecule has 0 unspecified atom stereocenters. The minimum absolute atomic E-state index is 0.417. The quantitative estimate of drug-likeness (QED) is 0.905. The molecule has 1 aromatic heterocycles. The Morgan fingerprint density at radius 1 is 1.20 bits per heavy atom. The number of rotatable bonds is 5. The van der Waals surface area contributed by atoms with Gasteiger partial charge in [-0.1, -0.05) is 31.5 Å². The second-order valence-corrected chi connectivity index (χ2v) is 5.26. The minimum Gasteiger partial charge on any atom is -0.437 e. The lowest BCUT2D eigenvalue weighted by molar-refractivity contribution is 0.451. The lowest BCUT2D eigenvalue weighted by Crippen LogP contribution is -2.22. The third-order valence-corrected chi connectivity index (χ3v) is 2.90. The van der Waals surface area contributed by atoms with Gasteiger partial charge in [-0.05, 0) is 25.5 Å². The zero-order valence-electron chi connectivity index (χ0n) is 12.5. The Labute approximate surface area is 120 Å². The van der Waals surface area contributed by atoms with E-state index in [1.165, 1.54) is 5.56 Å². The molecule has 4 nitrogen and oxygen atoms in total. The minimum atomic E-state index is 0.417. The van der Waals surface area contributed by atoms with E-state index in [9.17, 15) is 0 Å². The van der Waals surface area contributed by atoms with Gasteiger partial charge < -0.3 is 10.1 Å². The fourth-order valence-electron chi connectivity index (χ4n) is 1.86. The van der Waals surface area contributed by atoms with Crippen molar-refractivity contribution in [2.45, 2.75) is 40.3 Å². The Bertz CT molecular complexity index is 582. The Kier molecular flexibility index (Phi) is 4.69. The number of aromatic nitrogens is 2. The molecule has 4 heteroatoms. The van der Waals surface area contributed by atoms with E-state index < -0.39 is 0 Å². The van der Waals surface area contributed by atoms with Crippen LogP contribution in [0.3, 0.4) is 0 Å². The molecule has 2 aromatic rings. The van der Waals surface area contributed by atoms with Gasteiger partial charge in [0.05, 0.1) is 11.9 Å². The van der Waals surface area contributed by atoms with Gasteiger partial charge in [-0.3, -0.25) is 4.98 Å². The van der Waals surface area contributed by atoms with Crippen molar-refractivity contribution >= 4 is 0 Å². The Morgan fingerprint density at radius 2 is 2.00 bits per heavy atom. The molecule has 1 aromatic carbocycles. The van der Waals surface area contributed by atoms with Crippen LogP contribution < -0.4 is 10.1 Å². The second kappa shape index (κ2) is 6.48. The molecule has 106 valence electrons. The van der Waals surface area contributed by atoms with Gasteiger partial charge in [0.2, 0.25) is 5.88 Å². The van der Waals surface area contributed by atoms with Gasteiger partial charge in [-0.25, -0.2) is 4.98 Å². The van der Waals surface area contributed by atoms with Gasteiger partial charge in [-0.2, -0.15) is 0 Å². The molecule has 0 atom stereocenters. The lowest BCUT2D eigenvalue weighted by Gasteiger charge is -2.10. The number of hydrogen-bond donors (Lipinski definition) is 1. The van der Waals surface area contributed by atoms with Crippen LogP contribution in [0.25, 0.3) is 0 Å². The molecular formula is C16H21N3O. The molecule has 0 spiro atoms. The maximum Gasteiger partial charge on any atom is 0.238 e.